The van der Waals surface area contributed by atoms with Crippen molar-refractivity contribution in [3.63, 3.8) is 0 Å². The maximum atomic E-state index is 13.3. The number of esters is 1. The van der Waals surface area contributed by atoms with Crippen LogP contribution >= 0.6 is 0 Å². The molecular formula is C18H19FN2O5. The molecule has 1 fully saturated rings. The molecule has 1 aliphatic carbocycles. The van der Waals surface area contributed by atoms with Gasteiger partial charge in [-0.05, 0) is 38.0 Å². The molecule has 0 unspecified atom stereocenters. The Morgan fingerprint density at radius 3 is 2.77 bits per heavy atom. The number of hydrogen-bond acceptors (Lipinski definition) is 5. The van der Waals surface area contributed by atoms with Crippen LogP contribution in [-0.4, -0.2) is 48.9 Å². The van der Waals surface area contributed by atoms with Crippen LogP contribution in [0.1, 0.15) is 29.0 Å². The lowest BCUT2D eigenvalue weighted by molar-refractivity contribution is -0.137. The first-order valence-corrected chi connectivity index (χ1v) is 8.24. The lowest BCUT2D eigenvalue weighted by atomic mass is 10.1. The largest absolute Gasteiger partial charge is 0.450 e. The fourth-order valence-corrected chi connectivity index (χ4v) is 2.50. The number of hydrogen-bond donors (Lipinski definition) is 1. The van der Waals surface area contributed by atoms with E-state index < -0.39 is 24.3 Å². The Morgan fingerprint density at radius 1 is 1.35 bits per heavy atom. The van der Waals surface area contributed by atoms with Crippen LogP contribution in [0, 0.1) is 12.7 Å². The van der Waals surface area contributed by atoms with Crippen LogP contribution in [0.2, 0.25) is 0 Å². The molecular weight excluding hydrogens is 343 g/mol. The van der Waals surface area contributed by atoms with E-state index in [1.54, 1.807) is 6.92 Å². The van der Waals surface area contributed by atoms with Crippen molar-refractivity contribution in [2.24, 2.45) is 0 Å². The number of rotatable bonds is 6. The number of fused-ring (bicyclic) bond motifs is 1. The first-order chi connectivity index (χ1) is 12.3. The van der Waals surface area contributed by atoms with Gasteiger partial charge in [0.1, 0.15) is 11.4 Å². The van der Waals surface area contributed by atoms with E-state index in [0.717, 1.165) is 12.8 Å². The second-order valence-electron chi connectivity index (χ2n) is 6.36. The molecule has 2 amide bonds. The number of nitrogens with one attached hydrogen (secondary N) is 1. The highest BCUT2D eigenvalue weighted by molar-refractivity contribution is 5.97. The average molecular weight is 362 g/mol. The maximum absolute atomic E-state index is 13.3. The highest BCUT2D eigenvalue weighted by Gasteiger charge is 2.25. The topological polar surface area (TPSA) is 88.9 Å². The highest BCUT2D eigenvalue weighted by Crippen LogP contribution is 2.26. The summed E-state index contributed by atoms with van der Waals surface area (Å²) in [4.78, 5) is 37.0. The fourth-order valence-electron chi connectivity index (χ4n) is 2.50. The number of halogens is 1. The molecule has 3 rings (SSSR count). The standard InChI is InChI=1S/C18H19FN2O5/c1-10-13-7-11(19)3-6-14(13)26-17(10)18(24)25-9-16(23)21(2)8-15(22)20-12-4-5-12/h3,6-7,12H,4-5,8-9H2,1-2H3,(H,20,22). The van der Waals surface area contributed by atoms with Crippen LogP contribution in [0.15, 0.2) is 22.6 Å². The van der Waals surface area contributed by atoms with Gasteiger partial charge in [0, 0.05) is 24.0 Å². The van der Waals surface area contributed by atoms with Gasteiger partial charge in [0.2, 0.25) is 11.7 Å². The molecule has 138 valence electrons. The summed E-state index contributed by atoms with van der Waals surface area (Å²) in [5.74, 6) is -2.09. The second kappa shape index (κ2) is 7.15. The lowest BCUT2D eigenvalue weighted by Crippen LogP contribution is -2.40. The number of amides is 2. The van der Waals surface area contributed by atoms with E-state index in [1.807, 2.05) is 0 Å². The molecule has 8 heteroatoms. The minimum Gasteiger partial charge on any atom is -0.450 e. The van der Waals surface area contributed by atoms with Crippen molar-refractivity contribution in [2.75, 3.05) is 20.2 Å². The number of carbonyl (C=O) groups excluding carboxylic acids is 3. The van der Waals surface area contributed by atoms with E-state index in [2.05, 4.69) is 5.32 Å². The number of furan rings is 1. The summed E-state index contributed by atoms with van der Waals surface area (Å²) >= 11 is 0. The van der Waals surface area contributed by atoms with Crippen molar-refractivity contribution < 1.29 is 27.9 Å². The van der Waals surface area contributed by atoms with E-state index in [0.29, 0.717) is 16.5 Å². The van der Waals surface area contributed by atoms with Crippen LogP contribution < -0.4 is 5.32 Å². The molecule has 0 bridgehead atoms. The number of carbonyl (C=O) groups is 3. The monoisotopic (exact) mass is 362 g/mol. The number of likely N-dealkylation sites (N-methyl/N-ethyl adjacent to an activating group) is 1. The molecule has 0 spiro atoms. The smallest absolute Gasteiger partial charge is 0.375 e. The van der Waals surface area contributed by atoms with Crippen molar-refractivity contribution in [3.8, 4) is 0 Å². The maximum Gasteiger partial charge on any atom is 0.375 e. The van der Waals surface area contributed by atoms with Gasteiger partial charge in [0.05, 0.1) is 6.54 Å². The second-order valence-corrected chi connectivity index (χ2v) is 6.36. The molecule has 1 saturated carbocycles. The Kier molecular flexibility index (Phi) is 4.92. The van der Waals surface area contributed by atoms with Crippen molar-refractivity contribution in [1.82, 2.24) is 10.2 Å². The van der Waals surface area contributed by atoms with Gasteiger partial charge in [-0.3, -0.25) is 9.59 Å². The van der Waals surface area contributed by atoms with Gasteiger partial charge in [-0.25, -0.2) is 9.18 Å². The number of nitrogens with zero attached hydrogens (tertiary/aromatic N) is 1. The highest BCUT2D eigenvalue weighted by atomic mass is 19.1. The van der Waals surface area contributed by atoms with Gasteiger partial charge in [-0.2, -0.15) is 0 Å². The van der Waals surface area contributed by atoms with E-state index in [1.165, 1.54) is 30.1 Å². The van der Waals surface area contributed by atoms with Crippen molar-refractivity contribution in [2.45, 2.75) is 25.8 Å². The molecule has 1 aromatic heterocycles. The summed E-state index contributed by atoms with van der Waals surface area (Å²) in [5.41, 5.74) is 0.796. The molecule has 0 aliphatic heterocycles. The Bertz CT molecular complexity index is 872. The SMILES string of the molecule is Cc1c(C(=O)OCC(=O)N(C)CC(=O)NC2CC2)oc2ccc(F)cc12. The molecule has 0 atom stereocenters. The molecule has 1 heterocycles. The molecule has 2 aromatic rings. The van der Waals surface area contributed by atoms with Crippen molar-refractivity contribution >= 4 is 28.8 Å². The third-order valence-electron chi connectivity index (χ3n) is 4.16. The molecule has 1 N–H and O–H groups in total. The van der Waals surface area contributed by atoms with E-state index in [-0.39, 0.29) is 24.3 Å². The molecule has 7 nitrogen and oxygen atoms in total. The van der Waals surface area contributed by atoms with Gasteiger partial charge in [0.25, 0.3) is 5.91 Å². The van der Waals surface area contributed by atoms with Crippen LogP contribution in [0.5, 0.6) is 0 Å². The average Bonchev–Trinajstić information content (AvgIpc) is 3.35. The Balaban J connectivity index is 1.57. The van der Waals surface area contributed by atoms with Crippen LogP contribution in [0.3, 0.4) is 0 Å². The number of ether oxygens (including phenoxy) is 1. The summed E-state index contributed by atoms with van der Waals surface area (Å²) < 4.78 is 23.7. The van der Waals surface area contributed by atoms with Crippen LogP contribution in [-0.2, 0) is 14.3 Å². The first-order valence-electron chi connectivity index (χ1n) is 8.24. The molecule has 26 heavy (non-hydrogen) atoms. The third kappa shape index (κ3) is 4.01. The van der Waals surface area contributed by atoms with Crippen LogP contribution in [0.25, 0.3) is 11.0 Å². The quantitative estimate of drug-likeness (QED) is 0.791. The fraction of sp³-hybridized carbons (Fsp3) is 0.389. The zero-order valence-corrected chi connectivity index (χ0v) is 14.5. The van der Waals surface area contributed by atoms with Gasteiger partial charge in [0.15, 0.2) is 6.61 Å². The zero-order valence-electron chi connectivity index (χ0n) is 14.5. The minimum atomic E-state index is -0.816. The van der Waals surface area contributed by atoms with Crippen LogP contribution in [0.4, 0.5) is 4.39 Å². The lowest BCUT2D eigenvalue weighted by Gasteiger charge is -2.16. The predicted octanol–water partition coefficient (Wildman–Crippen LogP) is 1.77. The Labute approximate surface area is 149 Å². The van der Waals surface area contributed by atoms with Gasteiger partial charge < -0.3 is 19.4 Å². The van der Waals surface area contributed by atoms with E-state index in [4.69, 9.17) is 9.15 Å². The van der Waals surface area contributed by atoms with Crippen molar-refractivity contribution in [1.29, 1.82) is 0 Å². The van der Waals surface area contributed by atoms with E-state index >= 15 is 0 Å². The molecule has 0 radical (unpaired) electrons. The summed E-state index contributed by atoms with van der Waals surface area (Å²) in [6, 6.07) is 4.13. The minimum absolute atomic E-state index is 0.0764. The number of benzene rings is 1. The third-order valence-corrected chi connectivity index (χ3v) is 4.16. The molecule has 0 saturated heterocycles. The summed E-state index contributed by atoms with van der Waals surface area (Å²) in [7, 11) is 1.46. The van der Waals surface area contributed by atoms with Crippen molar-refractivity contribution in [3.05, 3.63) is 35.3 Å². The predicted molar refractivity (Wildman–Crippen MR) is 90.0 cm³/mol. The van der Waals surface area contributed by atoms with Gasteiger partial charge in [-0.1, -0.05) is 0 Å². The molecule has 1 aromatic carbocycles. The molecule has 1 aliphatic rings. The Morgan fingerprint density at radius 2 is 2.08 bits per heavy atom. The summed E-state index contributed by atoms with van der Waals surface area (Å²) in [6.45, 7) is 0.991. The van der Waals surface area contributed by atoms with Gasteiger partial charge >= 0.3 is 5.97 Å². The zero-order chi connectivity index (χ0) is 18.8. The van der Waals surface area contributed by atoms with E-state index in [9.17, 15) is 18.8 Å². The van der Waals surface area contributed by atoms with Gasteiger partial charge in [-0.15, -0.1) is 0 Å². The number of aryl methyl sites for hydroxylation is 1. The first kappa shape index (κ1) is 17.9. The normalized spacial score (nSPS) is 13.5. The Hall–Kier alpha value is -2.90. The summed E-state index contributed by atoms with van der Waals surface area (Å²) in [5, 5.41) is 3.24. The summed E-state index contributed by atoms with van der Waals surface area (Å²) in [6.07, 6.45) is 1.92.